The van der Waals surface area contributed by atoms with Gasteiger partial charge in [0.05, 0.1) is 7.11 Å². The Balaban J connectivity index is 1.72. The molecule has 0 radical (unpaired) electrons. The van der Waals surface area contributed by atoms with Gasteiger partial charge in [-0.15, -0.1) is 0 Å². The van der Waals surface area contributed by atoms with Crippen LogP contribution in [0.25, 0.3) is 11.1 Å². The van der Waals surface area contributed by atoms with Gasteiger partial charge in [0, 0.05) is 19.6 Å². The van der Waals surface area contributed by atoms with Gasteiger partial charge >= 0.3 is 0 Å². The van der Waals surface area contributed by atoms with E-state index in [1.807, 2.05) is 12.1 Å². The monoisotopic (exact) mass is 442 g/mol. The predicted molar refractivity (Wildman–Crippen MR) is 138 cm³/mol. The zero-order valence-electron chi connectivity index (χ0n) is 18.6. The number of hydrogen-bond acceptors (Lipinski definition) is 2. The molecule has 0 aromatic heterocycles. The van der Waals surface area contributed by atoms with Crippen LogP contribution in [-0.4, -0.2) is 36.8 Å². The van der Waals surface area contributed by atoms with Crippen molar-refractivity contribution in [3.63, 3.8) is 0 Å². The maximum Gasteiger partial charge on any atom is 0.168 e. The van der Waals surface area contributed by atoms with Crippen LogP contribution in [0.1, 0.15) is 36.0 Å². The van der Waals surface area contributed by atoms with Crippen LogP contribution in [0.4, 0.5) is 0 Å². The Morgan fingerprint density at radius 3 is 1.97 bits per heavy atom. The van der Waals surface area contributed by atoms with Crippen molar-refractivity contribution in [2.24, 2.45) is 0 Å². The van der Waals surface area contributed by atoms with Crippen molar-refractivity contribution >= 4 is 28.5 Å². The lowest BCUT2D eigenvalue weighted by molar-refractivity contribution is 0.415. The van der Waals surface area contributed by atoms with Crippen molar-refractivity contribution in [2.45, 2.75) is 19.3 Å². The fourth-order valence-corrected chi connectivity index (χ4v) is 4.54. The minimum atomic E-state index is 0.798. The SMILES string of the molecule is COc1ccc(/C(=C(/CCNC(=S)N2CCCC2)c2ccccc2)c2ccccc2)cc1. The van der Waals surface area contributed by atoms with Crippen LogP contribution in [0.2, 0.25) is 0 Å². The second-order valence-corrected chi connectivity index (χ2v) is 8.38. The lowest BCUT2D eigenvalue weighted by atomic mass is 9.88. The van der Waals surface area contributed by atoms with E-state index in [1.54, 1.807) is 7.11 Å². The van der Waals surface area contributed by atoms with Gasteiger partial charge in [0.2, 0.25) is 0 Å². The highest BCUT2D eigenvalue weighted by Gasteiger charge is 2.17. The van der Waals surface area contributed by atoms with E-state index in [-0.39, 0.29) is 0 Å². The van der Waals surface area contributed by atoms with Crippen molar-refractivity contribution < 1.29 is 4.74 Å². The van der Waals surface area contributed by atoms with Crippen molar-refractivity contribution in [2.75, 3.05) is 26.7 Å². The van der Waals surface area contributed by atoms with Crippen molar-refractivity contribution in [1.82, 2.24) is 10.2 Å². The molecule has 0 bridgehead atoms. The van der Waals surface area contributed by atoms with E-state index in [9.17, 15) is 0 Å². The number of rotatable bonds is 7. The van der Waals surface area contributed by atoms with E-state index in [4.69, 9.17) is 17.0 Å². The molecular weight excluding hydrogens is 412 g/mol. The third-order valence-electron chi connectivity index (χ3n) is 5.91. The molecule has 4 heteroatoms. The van der Waals surface area contributed by atoms with Gasteiger partial charge in [-0.3, -0.25) is 0 Å². The minimum absolute atomic E-state index is 0.798. The van der Waals surface area contributed by atoms with E-state index < -0.39 is 0 Å². The van der Waals surface area contributed by atoms with Gasteiger partial charge in [-0.2, -0.15) is 0 Å². The largest absolute Gasteiger partial charge is 0.497 e. The van der Waals surface area contributed by atoms with E-state index in [0.717, 1.165) is 36.9 Å². The molecule has 1 N–H and O–H groups in total. The molecule has 1 fully saturated rings. The molecule has 0 saturated carbocycles. The summed E-state index contributed by atoms with van der Waals surface area (Å²) >= 11 is 5.65. The van der Waals surface area contributed by atoms with Gasteiger partial charge in [0.1, 0.15) is 5.75 Å². The first-order valence-electron chi connectivity index (χ1n) is 11.3. The number of ether oxygens (including phenoxy) is 1. The molecule has 0 unspecified atom stereocenters. The molecule has 1 heterocycles. The molecule has 1 aliphatic rings. The molecule has 0 aliphatic carbocycles. The second kappa shape index (κ2) is 11.0. The number of methoxy groups -OCH3 is 1. The average Bonchev–Trinajstić information content (AvgIpc) is 3.40. The molecule has 3 aromatic carbocycles. The summed E-state index contributed by atoms with van der Waals surface area (Å²) < 4.78 is 5.39. The van der Waals surface area contributed by atoms with Crippen molar-refractivity contribution in [1.29, 1.82) is 0 Å². The Labute approximate surface area is 196 Å². The quantitative estimate of drug-likeness (QED) is 0.357. The Kier molecular flexibility index (Phi) is 7.57. The number of benzene rings is 3. The first kappa shape index (κ1) is 22.1. The molecule has 32 heavy (non-hydrogen) atoms. The van der Waals surface area contributed by atoms with Gasteiger partial charge in [0.25, 0.3) is 0 Å². The summed E-state index contributed by atoms with van der Waals surface area (Å²) in [7, 11) is 1.70. The Hall–Kier alpha value is -3.11. The average molecular weight is 443 g/mol. The summed E-state index contributed by atoms with van der Waals surface area (Å²) in [5.74, 6) is 0.861. The number of nitrogens with zero attached hydrogens (tertiary/aromatic N) is 1. The topological polar surface area (TPSA) is 24.5 Å². The number of nitrogens with one attached hydrogen (secondary N) is 1. The molecule has 3 nitrogen and oxygen atoms in total. The highest BCUT2D eigenvalue weighted by atomic mass is 32.1. The molecule has 1 saturated heterocycles. The normalized spacial score (nSPS) is 14.1. The lowest BCUT2D eigenvalue weighted by Gasteiger charge is -2.21. The zero-order valence-corrected chi connectivity index (χ0v) is 19.4. The first-order chi connectivity index (χ1) is 15.8. The van der Waals surface area contributed by atoms with Gasteiger partial charge in [-0.1, -0.05) is 72.8 Å². The Morgan fingerprint density at radius 1 is 0.812 bits per heavy atom. The Bertz CT molecular complexity index is 1040. The predicted octanol–water partition coefficient (Wildman–Crippen LogP) is 6.01. The molecular formula is C28H30N2OS. The summed E-state index contributed by atoms with van der Waals surface area (Å²) in [6.45, 7) is 2.93. The van der Waals surface area contributed by atoms with Crippen LogP contribution in [0, 0.1) is 0 Å². The zero-order chi connectivity index (χ0) is 22.2. The molecule has 0 atom stereocenters. The van der Waals surface area contributed by atoms with Gasteiger partial charge < -0.3 is 15.0 Å². The number of thiocarbonyl (C=S) groups is 1. The molecule has 3 aromatic rings. The molecule has 4 rings (SSSR count). The van der Waals surface area contributed by atoms with Crippen molar-refractivity contribution in [3.8, 4) is 5.75 Å². The fraction of sp³-hybridized carbons (Fsp3) is 0.250. The second-order valence-electron chi connectivity index (χ2n) is 7.99. The van der Waals surface area contributed by atoms with Crippen LogP contribution < -0.4 is 10.1 Å². The standard InChI is InChI=1S/C28H30N2OS/c1-31-25-16-14-24(15-17-25)27(23-12-6-3-7-13-23)26(22-10-4-2-5-11-22)18-19-29-28(32)30-20-8-9-21-30/h2-7,10-17H,8-9,18-21H2,1H3,(H,29,32)/b27-26-. The summed E-state index contributed by atoms with van der Waals surface area (Å²) in [6.07, 6.45) is 3.33. The smallest absolute Gasteiger partial charge is 0.168 e. The first-order valence-corrected chi connectivity index (χ1v) is 11.7. The fourth-order valence-electron chi connectivity index (χ4n) is 4.26. The van der Waals surface area contributed by atoms with Gasteiger partial charge in [-0.25, -0.2) is 0 Å². The highest BCUT2D eigenvalue weighted by molar-refractivity contribution is 7.80. The van der Waals surface area contributed by atoms with Crippen LogP contribution in [0.15, 0.2) is 84.9 Å². The minimum Gasteiger partial charge on any atom is -0.497 e. The van der Waals surface area contributed by atoms with Gasteiger partial charge in [-0.05, 0) is 71.4 Å². The third kappa shape index (κ3) is 5.38. The summed E-state index contributed by atoms with van der Waals surface area (Å²) in [4.78, 5) is 2.28. The summed E-state index contributed by atoms with van der Waals surface area (Å²) in [6, 6.07) is 29.6. The number of hydrogen-bond donors (Lipinski definition) is 1. The highest BCUT2D eigenvalue weighted by Crippen LogP contribution is 2.35. The van der Waals surface area contributed by atoms with E-state index in [0.29, 0.717) is 0 Å². The third-order valence-corrected chi connectivity index (χ3v) is 6.31. The molecule has 0 amide bonds. The Morgan fingerprint density at radius 2 is 1.38 bits per heavy atom. The van der Waals surface area contributed by atoms with Crippen molar-refractivity contribution in [3.05, 3.63) is 102 Å². The number of likely N-dealkylation sites (tertiary alicyclic amines) is 1. The molecule has 1 aliphatic heterocycles. The van der Waals surface area contributed by atoms with E-state index in [2.05, 4.69) is 83.0 Å². The van der Waals surface area contributed by atoms with Crippen LogP contribution in [0.3, 0.4) is 0 Å². The summed E-state index contributed by atoms with van der Waals surface area (Å²) in [5.41, 5.74) is 6.17. The van der Waals surface area contributed by atoms with E-state index in [1.165, 1.54) is 40.7 Å². The lowest BCUT2D eigenvalue weighted by Crippen LogP contribution is -2.38. The maximum absolute atomic E-state index is 5.65. The van der Waals surface area contributed by atoms with Crippen LogP contribution in [0.5, 0.6) is 5.75 Å². The maximum atomic E-state index is 5.65. The molecule has 164 valence electrons. The van der Waals surface area contributed by atoms with E-state index >= 15 is 0 Å². The van der Waals surface area contributed by atoms with Crippen LogP contribution in [-0.2, 0) is 0 Å². The summed E-state index contributed by atoms with van der Waals surface area (Å²) in [5, 5.41) is 4.38. The molecule has 0 spiro atoms. The van der Waals surface area contributed by atoms with Gasteiger partial charge in [0.15, 0.2) is 5.11 Å². The van der Waals surface area contributed by atoms with Crippen LogP contribution >= 0.6 is 12.2 Å².